The number of ether oxygens (including phenoxy) is 1. The highest BCUT2D eigenvalue weighted by Gasteiger charge is 2.23. The highest BCUT2D eigenvalue weighted by molar-refractivity contribution is 5.91. The summed E-state index contributed by atoms with van der Waals surface area (Å²) in [7, 11) is 0. The first-order valence-corrected chi connectivity index (χ1v) is 9.02. The van der Waals surface area contributed by atoms with E-state index >= 15 is 0 Å². The molecule has 6 heteroatoms. The second-order valence-electron chi connectivity index (χ2n) is 6.27. The molecule has 2 heterocycles. The first-order valence-electron chi connectivity index (χ1n) is 9.02. The van der Waals surface area contributed by atoms with Crippen LogP contribution in [-0.4, -0.2) is 54.4 Å². The number of hydrogen-bond acceptors (Lipinski definition) is 4. The zero-order chi connectivity index (χ0) is 18.2. The molecule has 1 aromatic carbocycles. The molecule has 2 amide bonds. The number of nitrogens with zero attached hydrogens (tertiary/aromatic N) is 2. The van der Waals surface area contributed by atoms with E-state index < -0.39 is 0 Å². The van der Waals surface area contributed by atoms with Crippen LogP contribution in [0.15, 0.2) is 53.1 Å². The van der Waals surface area contributed by atoms with Crippen LogP contribution in [0.1, 0.15) is 29.8 Å². The number of rotatable bonds is 6. The standard InChI is InChI=1S/C20H24N2O4/c23-19(10-5-15-25-17-7-2-1-3-8-17)21-11-6-12-22(14-13-21)20(24)18-9-4-16-26-18/h1-4,7-9,16H,5-6,10-15H2. The van der Waals surface area contributed by atoms with Crippen molar-refractivity contribution >= 4 is 11.8 Å². The molecule has 1 aliphatic heterocycles. The molecule has 1 saturated heterocycles. The first kappa shape index (κ1) is 18.0. The lowest BCUT2D eigenvalue weighted by Crippen LogP contribution is -2.37. The van der Waals surface area contributed by atoms with E-state index in [2.05, 4.69) is 0 Å². The summed E-state index contributed by atoms with van der Waals surface area (Å²) in [6, 6.07) is 13.0. The molecule has 0 bridgehead atoms. The monoisotopic (exact) mass is 356 g/mol. The van der Waals surface area contributed by atoms with E-state index in [9.17, 15) is 9.59 Å². The number of benzene rings is 1. The summed E-state index contributed by atoms with van der Waals surface area (Å²) in [4.78, 5) is 28.4. The quantitative estimate of drug-likeness (QED) is 0.747. The number of carbonyl (C=O) groups is 2. The molecule has 0 radical (unpaired) electrons. The molecule has 1 fully saturated rings. The molecule has 26 heavy (non-hydrogen) atoms. The van der Waals surface area contributed by atoms with Gasteiger partial charge in [0.15, 0.2) is 5.76 Å². The lowest BCUT2D eigenvalue weighted by Gasteiger charge is -2.21. The van der Waals surface area contributed by atoms with Crippen LogP contribution in [0.4, 0.5) is 0 Å². The van der Waals surface area contributed by atoms with E-state index in [0.29, 0.717) is 51.4 Å². The lowest BCUT2D eigenvalue weighted by atomic mass is 10.2. The Kier molecular flexibility index (Phi) is 6.30. The molecule has 0 N–H and O–H groups in total. The molecule has 3 rings (SSSR count). The molecular formula is C20H24N2O4. The van der Waals surface area contributed by atoms with E-state index in [-0.39, 0.29) is 11.8 Å². The Balaban J connectivity index is 1.40. The van der Waals surface area contributed by atoms with Gasteiger partial charge >= 0.3 is 0 Å². The van der Waals surface area contributed by atoms with E-state index in [0.717, 1.165) is 12.2 Å². The zero-order valence-electron chi connectivity index (χ0n) is 14.8. The maximum absolute atomic E-state index is 12.4. The summed E-state index contributed by atoms with van der Waals surface area (Å²) in [6.07, 6.45) is 3.41. The number of carbonyl (C=O) groups excluding carboxylic acids is 2. The molecule has 2 aromatic rings. The smallest absolute Gasteiger partial charge is 0.289 e. The SMILES string of the molecule is O=C(CCCOc1ccccc1)N1CCCN(C(=O)c2ccco2)CC1. The van der Waals surface area contributed by atoms with Gasteiger partial charge < -0.3 is 19.0 Å². The van der Waals surface area contributed by atoms with E-state index in [1.165, 1.54) is 6.26 Å². The van der Waals surface area contributed by atoms with Crippen LogP contribution in [-0.2, 0) is 4.79 Å². The van der Waals surface area contributed by atoms with Crippen molar-refractivity contribution in [1.82, 2.24) is 9.80 Å². The fourth-order valence-electron chi connectivity index (χ4n) is 3.01. The molecule has 0 aliphatic carbocycles. The zero-order valence-corrected chi connectivity index (χ0v) is 14.8. The third kappa shape index (κ3) is 4.88. The van der Waals surface area contributed by atoms with Crippen LogP contribution in [0.25, 0.3) is 0 Å². The molecule has 1 aliphatic rings. The van der Waals surface area contributed by atoms with Gasteiger partial charge in [0.05, 0.1) is 12.9 Å². The first-order chi connectivity index (χ1) is 12.7. The van der Waals surface area contributed by atoms with Gasteiger partial charge in [0.1, 0.15) is 5.75 Å². The highest BCUT2D eigenvalue weighted by atomic mass is 16.5. The molecule has 0 atom stereocenters. The number of hydrogen-bond donors (Lipinski definition) is 0. The summed E-state index contributed by atoms with van der Waals surface area (Å²) in [5.41, 5.74) is 0. The minimum absolute atomic E-state index is 0.111. The van der Waals surface area contributed by atoms with Gasteiger partial charge in [0.2, 0.25) is 5.91 Å². The minimum Gasteiger partial charge on any atom is -0.494 e. The van der Waals surface area contributed by atoms with Gasteiger partial charge in [0.25, 0.3) is 5.91 Å². The third-order valence-electron chi connectivity index (χ3n) is 4.41. The van der Waals surface area contributed by atoms with Gasteiger partial charge in [-0.1, -0.05) is 18.2 Å². The summed E-state index contributed by atoms with van der Waals surface area (Å²) in [6.45, 7) is 2.93. The van der Waals surface area contributed by atoms with Crippen LogP contribution < -0.4 is 4.74 Å². The van der Waals surface area contributed by atoms with Crippen molar-refractivity contribution in [2.24, 2.45) is 0 Å². The second kappa shape index (κ2) is 9.08. The van der Waals surface area contributed by atoms with Gasteiger partial charge in [-0.3, -0.25) is 9.59 Å². The molecule has 0 spiro atoms. The maximum Gasteiger partial charge on any atom is 0.289 e. The summed E-state index contributed by atoms with van der Waals surface area (Å²) >= 11 is 0. The van der Waals surface area contributed by atoms with E-state index in [1.807, 2.05) is 35.2 Å². The molecule has 6 nitrogen and oxygen atoms in total. The Labute approximate surface area is 153 Å². The van der Waals surface area contributed by atoms with Crippen molar-refractivity contribution in [3.05, 3.63) is 54.5 Å². The van der Waals surface area contributed by atoms with Gasteiger partial charge in [-0.15, -0.1) is 0 Å². The average molecular weight is 356 g/mol. The predicted molar refractivity (Wildman–Crippen MR) is 97.0 cm³/mol. The van der Waals surface area contributed by atoms with Crippen LogP contribution in [0, 0.1) is 0 Å². The van der Waals surface area contributed by atoms with Crippen molar-refractivity contribution in [2.75, 3.05) is 32.8 Å². The molecule has 138 valence electrons. The lowest BCUT2D eigenvalue weighted by molar-refractivity contribution is -0.131. The van der Waals surface area contributed by atoms with Crippen molar-refractivity contribution in [1.29, 1.82) is 0 Å². The largest absolute Gasteiger partial charge is 0.494 e. The van der Waals surface area contributed by atoms with Crippen molar-refractivity contribution in [2.45, 2.75) is 19.3 Å². The van der Waals surface area contributed by atoms with Crippen molar-refractivity contribution in [3.63, 3.8) is 0 Å². The normalized spacial score (nSPS) is 14.8. The maximum atomic E-state index is 12.4. The Morgan fingerprint density at radius 3 is 2.50 bits per heavy atom. The fourth-order valence-corrected chi connectivity index (χ4v) is 3.01. The van der Waals surface area contributed by atoms with Gasteiger partial charge in [0, 0.05) is 32.6 Å². The Bertz CT molecular complexity index is 700. The molecule has 0 unspecified atom stereocenters. The number of furan rings is 1. The summed E-state index contributed by atoms with van der Waals surface area (Å²) < 4.78 is 10.8. The van der Waals surface area contributed by atoms with Crippen LogP contribution >= 0.6 is 0 Å². The summed E-state index contributed by atoms with van der Waals surface area (Å²) in [5.74, 6) is 1.18. The Morgan fingerprint density at radius 2 is 1.73 bits per heavy atom. The van der Waals surface area contributed by atoms with Gasteiger partial charge in [-0.05, 0) is 37.1 Å². The molecule has 0 saturated carbocycles. The van der Waals surface area contributed by atoms with Crippen molar-refractivity contribution < 1.29 is 18.7 Å². The fraction of sp³-hybridized carbons (Fsp3) is 0.400. The summed E-state index contributed by atoms with van der Waals surface area (Å²) in [5, 5.41) is 0. The minimum atomic E-state index is -0.111. The van der Waals surface area contributed by atoms with Crippen LogP contribution in [0.2, 0.25) is 0 Å². The number of amides is 2. The second-order valence-corrected chi connectivity index (χ2v) is 6.27. The van der Waals surface area contributed by atoms with Crippen LogP contribution in [0.5, 0.6) is 5.75 Å². The van der Waals surface area contributed by atoms with Gasteiger partial charge in [-0.25, -0.2) is 0 Å². The predicted octanol–water partition coefficient (Wildman–Crippen LogP) is 2.81. The third-order valence-corrected chi connectivity index (χ3v) is 4.41. The van der Waals surface area contributed by atoms with E-state index in [1.54, 1.807) is 17.0 Å². The average Bonchev–Trinajstić information content (AvgIpc) is 3.10. The van der Waals surface area contributed by atoms with Crippen molar-refractivity contribution in [3.8, 4) is 5.75 Å². The topological polar surface area (TPSA) is 63.0 Å². The van der Waals surface area contributed by atoms with E-state index in [4.69, 9.17) is 9.15 Å². The number of para-hydroxylation sites is 1. The molecule has 1 aromatic heterocycles. The van der Waals surface area contributed by atoms with Crippen LogP contribution in [0.3, 0.4) is 0 Å². The van der Waals surface area contributed by atoms with Gasteiger partial charge in [-0.2, -0.15) is 0 Å². The molecular weight excluding hydrogens is 332 g/mol. The highest BCUT2D eigenvalue weighted by Crippen LogP contribution is 2.12. The Hall–Kier alpha value is -2.76. The Morgan fingerprint density at radius 1 is 0.962 bits per heavy atom.